The minimum atomic E-state index is -0.367. The van der Waals surface area contributed by atoms with E-state index < -0.39 is 0 Å². The maximum Gasteiger partial charge on any atom is 0.315 e. The van der Waals surface area contributed by atoms with Crippen LogP contribution in [0.15, 0.2) is 0 Å². The highest BCUT2D eigenvalue weighted by atomic mass is 28.2. The molecule has 0 amide bonds. The number of hydrogen-bond donors (Lipinski definition) is 0. The fourth-order valence-electron chi connectivity index (χ4n) is 13.4. The van der Waals surface area contributed by atoms with Crippen molar-refractivity contribution < 1.29 is 76.0 Å². The van der Waals surface area contributed by atoms with Crippen LogP contribution in [-0.2, 0) is 76.0 Å². The standard InChI is InChI=1S/3C12H20O4Si.C11H18O4Si/c13-11-12(2-4-15-11)7-8-6-9(10(12)16-8)14-3-1-5-17;2*13-10-6-12(7-15-10)5-8-4-9(11(12)16-8)14-2-1-3-17;12-11-9-6(5-14-11)7-4-8(10(9)15-7)13-2-1-3-16/h8-10H,1-7H2,17H3;2*8-9,11H,1-7H2,17H3;6-10H,1-5H2,16H3. The summed E-state index contributed by atoms with van der Waals surface area (Å²) in [7, 11) is 4.96. The first-order valence-corrected chi connectivity index (χ1v) is 31.9. The molecular weight excluding hydrogens is 933 g/mol. The number of ether oxygens (including phenoxy) is 12. The van der Waals surface area contributed by atoms with Gasteiger partial charge in [-0.3, -0.25) is 19.2 Å². The van der Waals surface area contributed by atoms with Crippen molar-refractivity contribution in [2.24, 2.45) is 28.1 Å². The van der Waals surface area contributed by atoms with Gasteiger partial charge in [-0.25, -0.2) is 0 Å². The Bertz CT molecular complexity index is 1690. The highest BCUT2D eigenvalue weighted by molar-refractivity contribution is 6.09. The molecule has 378 valence electrons. The third-order valence-electron chi connectivity index (χ3n) is 16.8. The quantitative estimate of drug-likeness (QED) is 0.0846. The van der Waals surface area contributed by atoms with Crippen LogP contribution in [0.4, 0.5) is 0 Å². The maximum absolute atomic E-state index is 11.9. The summed E-state index contributed by atoms with van der Waals surface area (Å²) in [6, 6.07) is 5.12. The van der Waals surface area contributed by atoms with Crippen molar-refractivity contribution >= 4 is 64.8 Å². The average Bonchev–Trinajstić information content (AvgIpc) is 4.15. The van der Waals surface area contributed by atoms with Crippen LogP contribution in [0.2, 0.25) is 24.2 Å². The zero-order chi connectivity index (χ0) is 46.8. The van der Waals surface area contributed by atoms with Crippen molar-refractivity contribution in [3.63, 3.8) is 0 Å². The molecule has 12 aliphatic heterocycles. The second-order valence-corrected chi connectivity index (χ2v) is 25.5. The number of carbonyl (C=O) groups excluding carboxylic acids is 4. The molecule has 16 nitrogen and oxygen atoms in total. The van der Waals surface area contributed by atoms with Crippen molar-refractivity contribution in [2.75, 3.05) is 52.9 Å². The summed E-state index contributed by atoms with van der Waals surface area (Å²) in [6.45, 7) is 5.48. The lowest BCUT2D eigenvalue weighted by Gasteiger charge is -2.33. The number of rotatable bonds is 16. The summed E-state index contributed by atoms with van der Waals surface area (Å²) in [4.78, 5) is 46.1. The van der Waals surface area contributed by atoms with Crippen molar-refractivity contribution in [3.05, 3.63) is 0 Å². The fraction of sp³-hybridized carbons (Fsp3) is 0.915. The summed E-state index contributed by atoms with van der Waals surface area (Å²) < 4.78 is 67.8. The minimum absolute atomic E-state index is 0.0286. The Labute approximate surface area is 407 Å². The van der Waals surface area contributed by atoms with Gasteiger partial charge in [0.2, 0.25) is 0 Å². The van der Waals surface area contributed by atoms with E-state index >= 15 is 0 Å². The minimum Gasteiger partial charge on any atom is -0.465 e. The van der Waals surface area contributed by atoms with Crippen LogP contribution in [0, 0.1) is 28.1 Å². The Morgan fingerprint density at radius 3 is 1.45 bits per heavy atom. The van der Waals surface area contributed by atoms with Crippen LogP contribution >= 0.6 is 0 Å². The first kappa shape index (κ1) is 50.4. The smallest absolute Gasteiger partial charge is 0.315 e. The maximum atomic E-state index is 11.9. The van der Waals surface area contributed by atoms with Gasteiger partial charge < -0.3 is 56.8 Å². The molecule has 3 spiro atoms. The Morgan fingerprint density at radius 1 is 0.537 bits per heavy atom. The average molecular weight is 1010 g/mol. The molecule has 67 heavy (non-hydrogen) atoms. The molecule has 0 aromatic heterocycles. The molecule has 12 heterocycles. The Hall–Kier alpha value is -1.57. The van der Waals surface area contributed by atoms with E-state index in [9.17, 15) is 19.2 Å². The van der Waals surface area contributed by atoms with Crippen LogP contribution in [0.5, 0.6) is 0 Å². The molecule has 17 atom stereocenters. The number of fused-ring (bicyclic) bond motifs is 14. The molecule has 8 bridgehead atoms. The zero-order valence-electron chi connectivity index (χ0n) is 40.5. The predicted octanol–water partition coefficient (Wildman–Crippen LogP) is -0.375. The van der Waals surface area contributed by atoms with Gasteiger partial charge in [0.15, 0.2) is 0 Å². The predicted molar refractivity (Wildman–Crippen MR) is 255 cm³/mol. The Morgan fingerprint density at radius 2 is 1.01 bits per heavy atom. The molecule has 0 aromatic rings. The summed E-state index contributed by atoms with van der Waals surface area (Å²) in [5, 5.41) is 0. The molecule has 12 rings (SSSR count). The third kappa shape index (κ3) is 10.4. The van der Waals surface area contributed by atoms with E-state index in [0.717, 1.165) is 103 Å². The van der Waals surface area contributed by atoms with E-state index in [0.29, 0.717) is 45.2 Å². The van der Waals surface area contributed by atoms with Gasteiger partial charge in [0.1, 0.15) is 24.7 Å². The van der Waals surface area contributed by atoms with Gasteiger partial charge in [0, 0.05) is 116 Å². The van der Waals surface area contributed by atoms with Gasteiger partial charge in [-0.05, 0) is 44.9 Å². The molecule has 0 aliphatic carbocycles. The van der Waals surface area contributed by atoms with Crippen LogP contribution in [0.25, 0.3) is 0 Å². The number of hydrogen-bond acceptors (Lipinski definition) is 16. The van der Waals surface area contributed by atoms with Crippen molar-refractivity contribution in [3.8, 4) is 0 Å². The third-order valence-corrected chi connectivity index (χ3v) is 19.6. The van der Waals surface area contributed by atoms with Gasteiger partial charge in [0.05, 0.1) is 99.1 Å². The first-order valence-electron chi connectivity index (χ1n) is 26.3. The lowest BCUT2D eigenvalue weighted by Crippen LogP contribution is -2.45. The monoisotopic (exact) mass is 1010 g/mol. The Balaban J connectivity index is 0.000000112. The van der Waals surface area contributed by atoms with E-state index in [-0.39, 0.29) is 119 Å². The highest BCUT2D eigenvalue weighted by Crippen LogP contribution is 2.56. The Kier molecular flexibility index (Phi) is 16.6. The largest absolute Gasteiger partial charge is 0.465 e. The van der Waals surface area contributed by atoms with Crippen LogP contribution < -0.4 is 0 Å². The van der Waals surface area contributed by atoms with Crippen molar-refractivity contribution in [1.82, 2.24) is 0 Å². The van der Waals surface area contributed by atoms with Gasteiger partial charge in [-0.2, -0.15) is 0 Å². The lowest BCUT2D eigenvalue weighted by atomic mass is 9.72. The molecule has 17 unspecified atom stereocenters. The summed E-state index contributed by atoms with van der Waals surface area (Å²) in [6.07, 6.45) is 14.9. The fourth-order valence-corrected chi connectivity index (χ4v) is 14.6. The van der Waals surface area contributed by atoms with E-state index in [1.807, 2.05) is 0 Å². The van der Waals surface area contributed by atoms with Crippen LogP contribution in [-0.4, -0.2) is 191 Å². The van der Waals surface area contributed by atoms with Gasteiger partial charge in [-0.15, -0.1) is 0 Å². The van der Waals surface area contributed by atoms with E-state index in [1.165, 1.54) is 65.1 Å². The SMILES string of the molecule is O=C1CC2(CO1)CC1CC(OCCC[SiH3])C2O1.O=C1CC2(CO1)CC1CC(OCCC[SiH3])C2O1.O=C1OCC2C3CC(OCCC[SiH3])C(O3)C12.O=C1OCCC12CC1CC(OCCC[SiH3])C2O1. The van der Waals surface area contributed by atoms with Crippen molar-refractivity contribution in [2.45, 2.75) is 187 Å². The molecule has 0 N–H and O–H groups in total. The second kappa shape index (κ2) is 22.0. The van der Waals surface area contributed by atoms with Gasteiger partial charge in [-0.1, -0.05) is 24.2 Å². The lowest BCUT2D eigenvalue weighted by molar-refractivity contribution is -0.152. The molecule has 12 fully saturated rings. The molecule has 0 aromatic carbocycles. The highest BCUT2D eigenvalue weighted by Gasteiger charge is 2.65. The summed E-state index contributed by atoms with van der Waals surface area (Å²) in [5.41, 5.74) is -0.494. The van der Waals surface area contributed by atoms with Gasteiger partial charge in [0.25, 0.3) is 0 Å². The second-order valence-electron chi connectivity index (χ2n) is 21.5. The molecule has 0 radical (unpaired) electrons. The number of cyclic esters (lactones) is 4. The molecular formula is C47H78O16Si4. The van der Waals surface area contributed by atoms with Crippen LogP contribution in [0.3, 0.4) is 0 Å². The summed E-state index contributed by atoms with van der Waals surface area (Å²) >= 11 is 0. The molecule has 12 aliphatic rings. The van der Waals surface area contributed by atoms with E-state index in [2.05, 4.69) is 0 Å². The van der Waals surface area contributed by atoms with Gasteiger partial charge >= 0.3 is 23.9 Å². The normalized spacial score (nSPS) is 44.1. The summed E-state index contributed by atoms with van der Waals surface area (Å²) in [5.74, 6) is -0.00972. The number of carbonyl (C=O) groups is 4. The van der Waals surface area contributed by atoms with E-state index in [1.54, 1.807) is 0 Å². The topological polar surface area (TPSA) is 179 Å². The molecule has 12 saturated heterocycles. The zero-order valence-corrected chi connectivity index (χ0v) is 48.5. The van der Waals surface area contributed by atoms with E-state index in [4.69, 9.17) is 56.8 Å². The number of esters is 4. The first-order chi connectivity index (χ1) is 32.5. The molecule has 20 heteroatoms. The van der Waals surface area contributed by atoms with Crippen molar-refractivity contribution in [1.29, 1.82) is 0 Å². The van der Waals surface area contributed by atoms with Crippen LogP contribution in [0.1, 0.15) is 89.9 Å². The molecule has 0 saturated carbocycles.